The molecule has 20 heavy (non-hydrogen) atoms. The first-order valence-corrected chi connectivity index (χ1v) is 7.70. The van der Waals surface area contributed by atoms with Gasteiger partial charge in [-0.25, -0.2) is 4.68 Å². The minimum Gasteiger partial charge on any atom is -0.383 e. The lowest BCUT2D eigenvalue weighted by molar-refractivity contribution is 0.194. The summed E-state index contributed by atoms with van der Waals surface area (Å²) >= 11 is 0. The molecule has 0 saturated heterocycles. The molecule has 2 rings (SSSR count). The second-order valence-corrected chi connectivity index (χ2v) is 5.91. The van der Waals surface area contributed by atoms with Crippen LogP contribution in [0.4, 0.5) is 0 Å². The van der Waals surface area contributed by atoms with Crippen LogP contribution in [0.3, 0.4) is 0 Å². The Morgan fingerprint density at radius 3 is 2.95 bits per heavy atom. The van der Waals surface area contributed by atoms with Crippen LogP contribution in [0.15, 0.2) is 0 Å². The maximum Gasteiger partial charge on any atom is 0.167 e. The molecule has 0 radical (unpaired) electrons. The molecule has 1 aromatic rings. The van der Waals surface area contributed by atoms with Gasteiger partial charge >= 0.3 is 0 Å². The summed E-state index contributed by atoms with van der Waals surface area (Å²) in [5, 5.41) is 15.6. The Kier molecular flexibility index (Phi) is 5.91. The largest absolute Gasteiger partial charge is 0.383 e. The van der Waals surface area contributed by atoms with Gasteiger partial charge in [-0.05, 0) is 35.6 Å². The number of nitrogens with one attached hydrogen (secondary N) is 1. The van der Waals surface area contributed by atoms with Gasteiger partial charge in [0, 0.05) is 20.2 Å². The molecule has 6 heteroatoms. The Balaban J connectivity index is 1.93. The Bertz CT molecular complexity index is 395. The monoisotopic (exact) mass is 281 g/mol. The zero-order valence-corrected chi connectivity index (χ0v) is 12.9. The van der Waals surface area contributed by atoms with Gasteiger partial charge in [0.1, 0.15) is 0 Å². The van der Waals surface area contributed by atoms with E-state index >= 15 is 0 Å². The first kappa shape index (κ1) is 15.4. The topological polar surface area (TPSA) is 64.9 Å². The van der Waals surface area contributed by atoms with E-state index in [-0.39, 0.29) is 6.04 Å². The van der Waals surface area contributed by atoms with Gasteiger partial charge in [0.2, 0.25) is 0 Å². The summed E-state index contributed by atoms with van der Waals surface area (Å²) in [6, 6.07) is 0.152. The molecule has 1 aromatic heterocycles. The van der Waals surface area contributed by atoms with Gasteiger partial charge in [-0.2, -0.15) is 0 Å². The molecular weight excluding hydrogens is 254 g/mol. The average molecular weight is 281 g/mol. The summed E-state index contributed by atoms with van der Waals surface area (Å²) in [5.74, 6) is 2.41. The van der Waals surface area contributed by atoms with Crippen molar-refractivity contribution in [1.82, 2.24) is 25.5 Å². The van der Waals surface area contributed by atoms with Crippen molar-refractivity contribution >= 4 is 0 Å². The molecule has 114 valence electrons. The van der Waals surface area contributed by atoms with Crippen LogP contribution in [0.5, 0.6) is 0 Å². The molecule has 3 atom stereocenters. The normalized spacial score (nSPS) is 24.8. The van der Waals surface area contributed by atoms with Crippen molar-refractivity contribution in [3.05, 3.63) is 5.82 Å². The van der Waals surface area contributed by atoms with Crippen molar-refractivity contribution in [2.24, 2.45) is 11.8 Å². The van der Waals surface area contributed by atoms with E-state index in [1.54, 1.807) is 7.11 Å². The summed E-state index contributed by atoms with van der Waals surface area (Å²) in [5.41, 5.74) is 0. The molecule has 1 aliphatic carbocycles. The minimum absolute atomic E-state index is 0.152. The Labute approximate surface area is 121 Å². The fraction of sp³-hybridized carbons (Fsp3) is 0.929. The number of tetrazole rings is 1. The van der Waals surface area contributed by atoms with Crippen molar-refractivity contribution in [2.45, 2.75) is 52.1 Å². The first-order chi connectivity index (χ1) is 9.72. The summed E-state index contributed by atoms with van der Waals surface area (Å²) in [7, 11) is 1.71. The standard InChI is InChI=1S/C14H27N5O/c1-11-6-4-5-7-13(11)10-19-14(16-17-18-19)12(2)15-8-9-20-3/h11-13,15H,4-10H2,1-3H3. The highest BCUT2D eigenvalue weighted by Gasteiger charge is 2.24. The van der Waals surface area contributed by atoms with E-state index in [9.17, 15) is 0 Å². The van der Waals surface area contributed by atoms with Crippen LogP contribution in [0.25, 0.3) is 0 Å². The lowest BCUT2D eigenvalue weighted by atomic mass is 9.80. The van der Waals surface area contributed by atoms with Crippen molar-refractivity contribution in [3.63, 3.8) is 0 Å². The van der Waals surface area contributed by atoms with E-state index in [2.05, 4.69) is 34.7 Å². The van der Waals surface area contributed by atoms with E-state index < -0.39 is 0 Å². The maximum absolute atomic E-state index is 5.05. The number of hydrogen-bond acceptors (Lipinski definition) is 5. The number of nitrogens with zero attached hydrogens (tertiary/aromatic N) is 4. The third-order valence-corrected chi connectivity index (χ3v) is 4.40. The molecule has 1 N–H and O–H groups in total. The summed E-state index contributed by atoms with van der Waals surface area (Å²) in [6.07, 6.45) is 5.35. The lowest BCUT2D eigenvalue weighted by Gasteiger charge is -2.28. The second kappa shape index (κ2) is 7.69. The van der Waals surface area contributed by atoms with Crippen LogP contribution in [0.2, 0.25) is 0 Å². The molecule has 0 spiro atoms. The number of methoxy groups -OCH3 is 1. The molecule has 1 heterocycles. The number of aromatic nitrogens is 4. The van der Waals surface area contributed by atoms with E-state index in [4.69, 9.17) is 4.74 Å². The van der Waals surface area contributed by atoms with Crippen molar-refractivity contribution in [2.75, 3.05) is 20.3 Å². The van der Waals surface area contributed by atoms with Crippen LogP contribution >= 0.6 is 0 Å². The third kappa shape index (κ3) is 3.99. The summed E-state index contributed by atoms with van der Waals surface area (Å²) in [4.78, 5) is 0. The van der Waals surface area contributed by atoms with Crippen LogP contribution in [0.1, 0.15) is 51.4 Å². The summed E-state index contributed by atoms with van der Waals surface area (Å²) in [6.45, 7) is 6.91. The predicted octanol–water partition coefficient (Wildman–Crippen LogP) is 1.80. The maximum atomic E-state index is 5.05. The smallest absolute Gasteiger partial charge is 0.167 e. The van der Waals surface area contributed by atoms with Crippen LogP contribution in [0, 0.1) is 11.8 Å². The summed E-state index contributed by atoms with van der Waals surface area (Å²) < 4.78 is 7.04. The quantitative estimate of drug-likeness (QED) is 0.772. The lowest BCUT2D eigenvalue weighted by Crippen LogP contribution is -2.28. The number of hydrogen-bond donors (Lipinski definition) is 1. The number of rotatable bonds is 7. The van der Waals surface area contributed by atoms with E-state index in [0.29, 0.717) is 12.5 Å². The SMILES string of the molecule is COCCNC(C)c1nnnn1CC1CCCCC1C. The first-order valence-electron chi connectivity index (χ1n) is 7.70. The zero-order chi connectivity index (χ0) is 14.4. The Hall–Kier alpha value is -1.01. The molecule has 1 saturated carbocycles. The molecule has 1 aliphatic rings. The Morgan fingerprint density at radius 2 is 2.20 bits per heavy atom. The molecule has 0 aliphatic heterocycles. The molecule has 3 unspecified atom stereocenters. The van der Waals surface area contributed by atoms with Gasteiger partial charge in [-0.15, -0.1) is 5.10 Å². The average Bonchev–Trinajstić information content (AvgIpc) is 2.90. The molecule has 1 fully saturated rings. The van der Waals surface area contributed by atoms with Gasteiger partial charge in [0.15, 0.2) is 5.82 Å². The fourth-order valence-corrected chi connectivity index (χ4v) is 3.01. The van der Waals surface area contributed by atoms with Crippen LogP contribution in [-0.2, 0) is 11.3 Å². The molecule has 0 aromatic carbocycles. The molecule has 0 bridgehead atoms. The van der Waals surface area contributed by atoms with Crippen molar-refractivity contribution in [1.29, 1.82) is 0 Å². The van der Waals surface area contributed by atoms with Gasteiger partial charge in [0.25, 0.3) is 0 Å². The van der Waals surface area contributed by atoms with Crippen molar-refractivity contribution in [3.8, 4) is 0 Å². The zero-order valence-electron chi connectivity index (χ0n) is 12.9. The van der Waals surface area contributed by atoms with Crippen LogP contribution < -0.4 is 5.32 Å². The molecule has 0 amide bonds. The van der Waals surface area contributed by atoms with Gasteiger partial charge in [-0.3, -0.25) is 0 Å². The fourth-order valence-electron chi connectivity index (χ4n) is 3.01. The third-order valence-electron chi connectivity index (χ3n) is 4.40. The second-order valence-electron chi connectivity index (χ2n) is 5.91. The van der Waals surface area contributed by atoms with Gasteiger partial charge in [0.05, 0.1) is 12.6 Å². The minimum atomic E-state index is 0.152. The van der Waals surface area contributed by atoms with Crippen LogP contribution in [-0.4, -0.2) is 40.5 Å². The molecule has 6 nitrogen and oxygen atoms in total. The van der Waals surface area contributed by atoms with E-state index in [0.717, 1.165) is 24.8 Å². The Morgan fingerprint density at radius 1 is 1.40 bits per heavy atom. The van der Waals surface area contributed by atoms with E-state index in [1.165, 1.54) is 25.7 Å². The predicted molar refractivity (Wildman–Crippen MR) is 77.2 cm³/mol. The van der Waals surface area contributed by atoms with Crippen molar-refractivity contribution < 1.29 is 4.74 Å². The highest BCUT2D eigenvalue weighted by molar-refractivity contribution is 4.90. The highest BCUT2D eigenvalue weighted by atomic mass is 16.5. The van der Waals surface area contributed by atoms with Gasteiger partial charge in [-0.1, -0.05) is 26.2 Å². The van der Waals surface area contributed by atoms with E-state index in [1.807, 2.05) is 4.68 Å². The molecular formula is C14H27N5O. The highest BCUT2D eigenvalue weighted by Crippen LogP contribution is 2.30. The van der Waals surface area contributed by atoms with Gasteiger partial charge < -0.3 is 10.1 Å². The number of ether oxygens (including phenoxy) is 1.